The molecular weight excluding hydrogens is 554 g/mol. The lowest BCUT2D eigenvalue weighted by Crippen LogP contribution is -2.16. The van der Waals surface area contributed by atoms with Gasteiger partial charge in [-0.2, -0.15) is 0 Å². The molecular formula is C41H21NO3. The van der Waals surface area contributed by atoms with Gasteiger partial charge in [-0.1, -0.05) is 91.0 Å². The number of ketones is 2. The van der Waals surface area contributed by atoms with E-state index in [0.717, 1.165) is 65.3 Å². The van der Waals surface area contributed by atoms with Gasteiger partial charge in [-0.3, -0.25) is 14.4 Å². The number of anilines is 1. The van der Waals surface area contributed by atoms with Crippen LogP contribution >= 0.6 is 0 Å². The average Bonchev–Trinajstić information content (AvgIpc) is 3.09. The minimum absolute atomic E-state index is 0.0239. The molecule has 4 nitrogen and oxygen atoms in total. The maximum absolute atomic E-state index is 14.0. The van der Waals surface area contributed by atoms with Crippen molar-refractivity contribution in [2.75, 3.05) is 5.32 Å². The van der Waals surface area contributed by atoms with Crippen LogP contribution < -0.4 is 5.32 Å². The second kappa shape index (κ2) is 8.49. The Kier molecular flexibility index (Phi) is 4.59. The molecule has 2 aliphatic rings. The molecule has 1 amide bonds. The number of carbonyl (C=O) groups excluding carboxylic acids is 3. The molecule has 208 valence electrons. The van der Waals surface area contributed by atoms with Crippen molar-refractivity contribution in [1.29, 1.82) is 0 Å². The Bertz CT molecular complexity index is 2670. The van der Waals surface area contributed by atoms with Gasteiger partial charge < -0.3 is 5.32 Å². The van der Waals surface area contributed by atoms with Gasteiger partial charge >= 0.3 is 0 Å². The van der Waals surface area contributed by atoms with Crippen molar-refractivity contribution in [1.82, 2.24) is 0 Å². The van der Waals surface area contributed by atoms with Crippen LogP contribution in [0.3, 0.4) is 0 Å². The molecule has 1 N–H and O–H groups in total. The number of fused-ring (bicyclic) bond motifs is 6. The van der Waals surface area contributed by atoms with E-state index in [4.69, 9.17) is 0 Å². The van der Waals surface area contributed by atoms with E-state index >= 15 is 0 Å². The standard InChI is InChI=1S/C41H21NO3/c43-39-28-12-6-4-10-22(28)24-14-15-25-26-16-19-31-38-36(26)32(27-17-18-30(39)35(24)34(25)27)20-33(42-41(45)21-8-2-1-3-9-21)37(38)23-11-5-7-13-29(23)40(31)44/h1-20H,(H,42,45). The third-order valence-electron chi connectivity index (χ3n) is 9.70. The lowest BCUT2D eigenvalue weighted by Gasteiger charge is -2.27. The molecule has 45 heavy (non-hydrogen) atoms. The molecule has 8 aromatic rings. The van der Waals surface area contributed by atoms with Crippen LogP contribution in [0.15, 0.2) is 121 Å². The molecule has 0 spiro atoms. The smallest absolute Gasteiger partial charge is 0.255 e. The predicted molar refractivity (Wildman–Crippen MR) is 180 cm³/mol. The summed E-state index contributed by atoms with van der Waals surface area (Å²) >= 11 is 0. The van der Waals surface area contributed by atoms with Crippen LogP contribution in [-0.2, 0) is 0 Å². The predicted octanol–water partition coefficient (Wildman–Crippen LogP) is 9.41. The van der Waals surface area contributed by atoms with Crippen molar-refractivity contribution in [3.8, 4) is 22.3 Å². The van der Waals surface area contributed by atoms with Crippen LogP contribution in [0.1, 0.15) is 42.2 Å². The molecule has 0 aliphatic heterocycles. The molecule has 0 unspecified atom stereocenters. The molecule has 4 heteroatoms. The van der Waals surface area contributed by atoms with Crippen molar-refractivity contribution in [3.63, 3.8) is 0 Å². The van der Waals surface area contributed by atoms with E-state index in [0.29, 0.717) is 33.5 Å². The normalized spacial score (nSPS) is 13.1. The Balaban J connectivity index is 1.39. The van der Waals surface area contributed by atoms with Gasteiger partial charge in [0, 0.05) is 44.2 Å². The van der Waals surface area contributed by atoms with E-state index in [1.807, 2.05) is 91.0 Å². The first-order valence-corrected chi connectivity index (χ1v) is 15.0. The lowest BCUT2D eigenvalue weighted by molar-refractivity contribution is 0.102. The highest BCUT2D eigenvalue weighted by molar-refractivity contribution is 6.42. The second-order valence-corrected chi connectivity index (χ2v) is 11.9. The SMILES string of the molecule is O=C(Nc1cc2c3ccc4c5c(ccc(c6ccc7c(c1-c1ccccc1C7=O)c62)c53)-c1ccccc1C4=O)c1ccccc1. The van der Waals surface area contributed by atoms with Gasteiger partial charge in [0.25, 0.3) is 5.91 Å². The number of amides is 1. The van der Waals surface area contributed by atoms with Crippen LogP contribution in [0.25, 0.3) is 65.3 Å². The fraction of sp³-hybridized carbons (Fsp3) is 0. The molecule has 0 atom stereocenters. The molecule has 0 saturated heterocycles. The quantitative estimate of drug-likeness (QED) is 0.165. The highest BCUT2D eigenvalue weighted by Crippen LogP contribution is 2.52. The Labute approximate surface area is 256 Å². The Hall–Kier alpha value is -6.13. The Morgan fingerprint density at radius 3 is 1.62 bits per heavy atom. The summed E-state index contributed by atoms with van der Waals surface area (Å²) in [6.07, 6.45) is 0. The van der Waals surface area contributed by atoms with Crippen LogP contribution in [-0.4, -0.2) is 17.5 Å². The molecule has 0 fully saturated rings. The summed E-state index contributed by atoms with van der Waals surface area (Å²) in [4.78, 5) is 41.4. The van der Waals surface area contributed by atoms with E-state index < -0.39 is 0 Å². The van der Waals surface area contributed by atoms with Gasteiger partial charge in [0.15, 0.2) is 11.6 Å². The van der Waals surface area contributed by atoms with Crippen molar-refractivity contribution in [2.24, 2.45) is 0 Å². The topological polar surface area (TPSA) is 63.2 Å². The third kappa shape index (κ3) is 3.03. The first-order chi connectivity index (χ1) is 22.1. The largest absolute Gasteiger partial charge is 0.321 e. The molecule has 10 rings (SSSR count). The van der Waals surface area contributed by atoms with E-state index in [9.17, 15) is 14.4 Å². The number of carbonyl (C=O) groups is 3. The summed E-state index contributed by atoms with van der Waals surface area (Å²) in [7, 11) is 0. The van der Waals surface area contributed by atoms with Crippen LogP contribution in [0.2, 0.25) is 0 Å². The van der Waals surface area contributed by atoms with Crippen molar-refractivity contribution in [2.45, 2.75) is 0 Å². The van der Waals surface area contributed by atoms with Crippen LogP contribution in [0, 0.1) is 0 Å². The monoisotopic (exact) mass is 575 g/mol. The maximum Gasteiger partial charge on any atom is 0.255 e. The molecule has 0 aromatic heterocycles. The van der Waals surface area contributed by atoms with Crippen molar-refractivity contribution in [3.05, 3.63) is 149 Å². The summed E-state index contributed by atoms with van der Waals surface area (Å²) < 4.78 is 0. The van der Waals surface area contributed by atoms with E-state index in [1.165, 1.54) is 0 Å². The zero-order valence-corrected chi connectivity index (χ0v) is 23.8. The number of rotatable bonds is 2. The van der Waals surface area contributed by atoms with Gasteiger partial charge in [0.2, 0.25) is 0 Å². The number of nitrogens with one attached hydrogen (secondary N) is 1. The van der Waals surface area contributed by atoms with Crippen LogP contribution in [0.5, 0.6) is 0 Å². The van der Waals surface area contributed by atoms with Crippen molar-refractivity contribution < 1.29 is 14.4 Å². The van der Waals surface area contributed by atoms with Gasteiger partial charge in [0.05, 0.1) is 5.69 Å². The first-order valence-electron chi connectivity index (χ1n) is 15.0. The number of benzene rings is 8. The second-order valence-electron chi connectivity index (χ2n) is 11.9. The highest BCUT2D eigenvalue weighted by atomic mass is 16.1. The van der Waals surface area contributed by atoms with E-state index in [-0.39, 0.29) is 17.5 Å². The minimum atomic E-state index is -0.221. The Morgan fingerprint density at radius 2 is 0.933 bits per heavy atom. The fourth-order valence-corrected chi connectivity index (χ4v) is 7.82. The molecule has 2 aliphatic carbocycles. The van der Waals surface area contributed by atoms with Gasteiger partial charge in [-0.25, -0.2) is 0 Å². The van der Waals surface area contributed by atoms with Gasteiger partial charge in [0.1, 0.15) is 0 Å². The minimum Gasteiger partial charge on any atom is -0.321 e. The summed E-state index contributed by atoms with van der Waals surface area (Å²) in [5, 5.41) is 11.0. The summed E-state index contributed by atoms with van der Waals surface area (Å²) in [5.74, 6) is -0.225. The fourth-order valence-electron chi connectivity index (χ4n) is 7.82. The van der Waals surface area contributed by atoms with Crippen molar-refractivity contribution >= 4 is 66.3 Å². The zero-order valence-electron chi connectivity index (χ0n) is 23.8. The first kappa shape index (κ1) is 24.3. The van der Waals surface area contributed by atoms with Crippen LogP contribution in [0.4, 0.5) is 5.69 Å². The number of hydrogen-bond donors (Lipinski definition) is 1. The zero-order chi connectivity index (χ0) is 30.0. The molecule has 0 bridgehead atoms. The third-order valence-corrected chi connectivity index (χ3v) is 9.70. The van der Waals surface area contributed by atoms with E-state index in [1.54, 1.807) is 12.1 Å². The maximum atomic E-state index is 14.0. The molecule has 8 aromatic carbocycles. The number of hydrogen-bond acceptors (Lipinski definition) is 3. The summed E-state index contributed by atoms with van der Waals surface area (Å²) in [6.45, 7) is 0. The molecule has 0 saturated carbocycles. The Morgan fingerprint density at radius 1 is 0.422 bits per heavy atom. The highest BCUT2D eigenvalue weighted by Gasteiger charge is 2.32. The average molecular weight is 576 g/mol. The summed E-state index contributed by atoms with van der Waals surface area (Å²) in [5.41, 5.74) is 7.48. The van der Waals surface area contributed by atoms with Gasteiger partial charge in [-0.05, 0) is 79.3 Å². The lowest BCUT2D eigenvalue weighted by atomic mass is 9.76. The van der Waals surface area contributed by atoms with E-state index in [2.05, 4.69) is 23.5 Å². The summed E-state index contributed by atoms with van der Waals surface area (Å²) in [6, 6.07) is 38.9. The molecule has 0 heterocycles. The van der Waals surface area contributed by atoms with Gasteiger partial charge in [-0.15, -0.1) is 0 Å². The molecule has 0 radical (unpaired) electrons.